The largest absolute Gasteiger partial charge is 0.480 e. The highest BCUT2D eigenvalue weighted by molar-refractivity contribution is 5.73. The molecular formula is C15H17F6NO2. The minimum Gasteiger partial charge on any atom is -0.480 e. The van der Waals surface area contributed by atoms with E-state index >= 15 is 0 Å². The third-order valence-corrected chi connectivity index (χ3v) is 3.21. The van der Waals surface area contributed by atoms with Gasteiger partial charge in [0.25, 0.3) is 0 Å². The number of carbonyl (C=O) groups is 1. The Morgan fingerprint density at radius 1 is 1.04 bits per heavy atom. The number of alkyl halides is 6. The lowest BCUT2D eigenvalue weighted by Gasteiger charge is -2.18. The monoisotopic (exact) mass is 357 g/mol. The maximum absolute atomic E-state index is 12.8. The Morgan fingerprint density at radius 3 is 1.83 bits per heavy atom. The predicted octanol–water partition coefficient (Wildman–Crippen LogP) is 4.31. The second kappa shape index (κ2) is 7.42. The fourth-order valence-electron chi connectivity index (χ4n) is 2.11. The van der Waals surface area contributed by atoms with Crippen molar-refractivity contribution in [3.05, 3.63) is 34.9 Å². The molecule has 24 heavy (non-hydrogen) atoms. The molecule has 3 nitrogen and oxygen atoms in total. The van der Waals surface area contributed by atoms with Crippen LogP contribution < -0.4 is 5.32 Å². The normalized spacial score (nSPS) is 14.0. The topological polar surface area (TPSA) is 49.3 Å². The average Bonchev–Trinajstić information content (AvgIpc) is 2.40. The quantitative estimate of drug-likeness (QED) is 0.746. The van der Waals surface area contributed by atoms with Crippen molar-refractivity contribution >= 4 is 5.97 Å². The third-order valence-electron chi connectivity index (χ3n) is 3.21. The summed E-state index contributed by atoms with van der Waals surface area (Å²) in [6.45, 7) is 3.09. The molecule has 0 saturated carbocycles. The van der Waals surface area contributed by atoms with Crippen LogP contribution in [-0.4, -0.2) is 17.1 Å². The van der Waals surface area contributed by atoms with Gasteiger partial charge in [-0.15, -0.1) is 0 Å². The molecule has 0 bridgehead atoms. The maximum Gasteiger partial charge on any atom is 0.416 e. The minimum absolute atomic E-state index is 0.00848. The first-order valence-electron chi connectivity index (χ1n) is 7.05. The van der Waals surface area contributed by atoms with E-state index in [1.165, 1.54) is 0 Å². The van der Waals surface area contributed by atoms with E-state index in [4.69, 9.17) is 5.11 Å². The first-order chi connectivity index (χ1) is 10.8. The summed E-state index contributed by atoms with van der Waals surface area (Å²) in [5, 5.41) is 11.5. The maximum atomic E-state index is 12.8. The van der Waals surface area contributed by atoms with E-state index in [9.17, 15) is 31.1 Å². The van der Waals surface area contributed by atoms with Gasteiger partial charge in [0.15, 0.2) is 0 Å². The molecule has 1 rings (SSSR count). The van der Waals surface area contributed by atoms with Crippen LogP contribution >= 0.6 is 0 Å². The number of nitrogens with one attached hydrogen (secondary N) is 1. The zero-order chi connectivity index (χ0) is 18.7. The minimum atomic E-state index is -4.93. The zero-order valence-electron chi connectivity index (χ0n) is 12.9. The summed E-state index contributed by atoms with van der Waals surface area (Å²) in [6.07, 6.45) is -9.67. The van der Waals surface area contributed by atoms with Gasteiger partial charge >= 0.3 is 18.3 Å². The van der Waals surface area contributed by atoms with Crippen LogP contribution in [0.1, 0.15) is 37.0 Å². The van der Waals surface area contributed by atoms with Gasteiger partial charge in [0, 0.05) is 6.54 Å². The molecule has 1 atom stereocenters. The molecule has 2 N–H and O–H groups in total. The average molecular weight is 357 g/mol. The lowest BCUT2D eigenvalue weighted by Crippen LogP contribution is -2.37. The molecule has 0 amide bonds. The lowest BCUT2D eigenvalue weighted by molar-refractivity contribution is -0.143. The summed E-state index contributed by atoms with van der Waals surface area (Å²) in [6, 6.07) is 0.133. The molecule has 1 aromatic rings. The molecule has 0 saturated heterocycles. The molecular weight excluding hydrogens is 340 g/mol. The van der Waals surface area contributed by atoms with Gasteiger partial charge in [0.1, 0.15) is 6.04 Å². The Hall–Kier alpha value is -1.77. The summed E-state index contributed by atoms with van der Waals surface area (Å²) in [5.41, 5.74) is -3.14. The van der Waals surface area contributed by atoms with Crippen molar-refractivity contribution in [3.8, 4) is 0 Å². The molecule has 1 aromatic carbocycles. The number of carboxylic acids is 1. The number of halogens is 6. The molecule has 0 aliphatic carbocycles. The van der Waals surface area contributed by atoms with Gasteiger partial charge in [-0.25, -0.2) is 0 Å². The van der Waals surface area contributed by atoms with Crippen molar-refractivity contribution in [2.24, 2.45) is 5.92 Å². The Kier molecular flexibility index (Phi) is 6.26. The van der Waals surface area contributed by atoms with E-state index in [0.29, 0.717) is 12.1 Å². The zero-order valence-corrected chi connectivity index (χ0v) is 12.9. The number of carboxylic acid groups (broad SMARTS) is 1. The second-order valence-electron chi connectivity index (χ2n) is 5.82. The van der Waals surface area contributed by atoms with Gasteiger partial charge in [0.2, 0.25) is 0 Å². The van der Waals surface area contributed by atoms with Gasteiger partial charge in [-0.2, -0.15) is 26.3 Å². The van der Waals surface area contributed by atoms with E-state index in [1.54, 1.807) is 13.8 Å². The van der Waals surface area contributed by atoms with E-state index in [1.807, 2.05) is 0 Å². The molecule has 1 unspecified atom stereocenters. The van der Waals surface area contributed by atoms with Crippen LogP contribution in [-0.2, 0) is 23.7 Å². The van der Waals surface area contributed by atoms with Crippen LogP contribution in [0, 0.1) is 5.92 Å². The lowest BCUT2D eigenvalue weighted by atomic mass is 10.0. The summed E-state index contributed by atoms with van der Waals surface area (Å²) >= 11 is 0. The van der Waals surface area contributed by atoms with Crippen LogP contribution in [0.2, 0.25) is 0 Å². The summed E-state index contributed by atoms with van der Waals surface area (Å²) in [4.78, 5) is 11.1. The van der Waals surface area contributed by atoms with E-state index in [2.05, 4.69) is 5.32 Å². The first kappa shape index (κ1) is 20.3. The molecule has 0 heterocycles. The van der Waals surface area contributed by atoms with Crippen molar-refractivity contribution in [2.45, 2.75) is 45.2 Å². The predicted molar refractivity (Wildman–Crippen MR) is 74.2 cm³/mol. The highest BCUT2D eigenvalue weighted by Crippen LogP contribution is 2.36. The van der Waals surface area contributed by atoms with E-state index in [0.717, 1.165) is 0 Å². The Bertz CT molecular complexity index is 548. The number of rotatable bonds is 6. The van der Waals surface area contributed by atoms with E-state index in [-0.39, 0.29) is 24.0 Å². The molecule has 9 heteroatoms. The number of benzene rings is 1. The Balaban J connectivity index is 3.08. The van der Waals surface area contributed by atoms with Crippen LogP contribution in [0.25, 0.3) is 0 Å². The SMILES string of the molecule is CC(C)CC(NCc1cc(C(F)(F)F)cc(C(F)(F)F)c1)C(=O)O. The number of hydrogen-bond donors (Lipinski definition) is 2. The molecule has 136 valence electrons. The van der Waals surface area contributed by atoms with E-state index < -0.39 is 42.0 Å². The van der Waals surface area contributed by atoms with Gasteiger partial charge in [-0.05, 0) is 36.1 Å². The molecule has 0 aliphatic rings. The molecule has 0 radical (unpaired) electrons. The molecule has 0 fully saturated rings. The van der Waals surface area contributed by atoms with Crippen LogP contribution in [0.5, 0.6) is 0 Å². The molecule has 0 aromatic heterocycles. The second-order valence-corrected chi connectivity index (χ2v) is 5.82. The summed E-state index contributed by atoms with van der Waals surface area (Å²) in [7, 11) is 0. The van der Waals surface area contributed by atoms with Gasteiger partial charge in [-0.3, -0.25) is 4.79 Å². The van der Waals surface area contributed by atoms with Crippen molar-refractivity contribution in [2.75, 3.05) is 0 Å². The van der Waals surface area contributed by atoms with Crippen molar-refractivity contribution in [1.29, 1.82) is 0 Å². The standard InChI is InChI=1S/C15H17F6NO2/c1-8(2)3-12(13(23)24)22-7-9-4-10(14(16,17)18)6-11(5-9)15(19,20)21/h4-6,8,12,22H,3,7H2,1-2H3,(H,23,24). The van der Waals surface area contributed by atoms with Crippen LogP contribution in [0.3, 0.4) is 0 Å². The first-order valence-corrected chi connectivity index (χ1v) is 7.05. The molecule has 0 spiro atoms. The smallest absolute Gasteiger partial charge is 0.416 e. The number of hydrogen-bond acceptors (Lipinski definition) is 2. The third kappa shape index (κ3) is 6.03. The summed E-state index contributed by atoms with van der Waals surface area (Å²) < 4.78 is 76.5. The Labute approximate surface area is 134 Å². The van der Waals surface area contributed by atoms with Crippen molar-refractivity contribution < 1.29 is 36.2 Å². The highest BCUT2D eigenvalue weighted by Gasteiger charge is 2.36. The van der Waals surface area contributed by atoms with Gasteiger partial charge < -0.3 is 10.4 Å². The molecule has 0 aliphatic heterocycles. The van der Waals surface area contributed by atoms with Crippen molar-refractivity contribution in [1.82, 2.24) is 5.32 Å². The van der Waals surface area contributed by atoms with Crippen LogP contribution in [0.15, 0.2) is 18.2 Å². The van der Waals surface area contributed by atoms with Gasteiger partial charge in [0.05, 0.1) is 11.1 Å². The van der Waals surface area contributed by atoms with Crippen molar-refractivity contribution in [3.63, 3.8) is 0 Å². The fourth-order valence-corrected chi connectivity index (χ4v) is 2.11. The van der Waals surface area contributed by atoms with Gasteiger partial charge in [-0.1, -0.05) is 13.8 Å². The summed E-state index contributed by atoms with van der Waals surface area (Å²) in [5.74, 6) is -1.22. The fraction of sp³-hybridized carbons (Fsp3) is 0.533. The highest BCUT2D eigenvalue weighted by atomic mass is 19.4. The number of aliphatic carboxylic acids is 1. The van der Waals surface area contributed by atoms with Crippen LogP contribution in [0.4, 0.5) is 26.3 Å². The Morgan fingerprint density at radius 2 is 1.50 bits per heavy atom.